The molecule has 0 saturated carbocycles. The molecule has 0 radical (unpaired) electrons. The van der Waals surface area contributed by atoms with Crippen molar-refractivity contribution in [2.45, 2.75) is 69.1 Å². The van der Waals surface area contributed by atoms with Crippen molar-refractivity contribution in [2.24, 2.45) is 10.4 Å². The normalized spacial score (nSPS) is 19.4. The van der Waals surface area contributed by atoms with Gasteiger partial charge in [0.2, 0.25) is 0 Å². The van der Waals surface area contributed by atoms with Gasteiger partial charge in [-0.1, -0.05) is 52.3 Å². The molecule has 0 fully saturated rings. The van der Waals surface area contributed by atoms with Crippen LogP contribution in [0.15, 0.2) is 63.0 Å². The van der Waals surface area contributed by atoms with E-state index in [1.54, 1.807) is 36.6 Å². The number of nitrogens with zero attached hydrogens (tertiary/aromatic N) is 1. The molecular weight excluding hydrogens is 386 g/mol. The Kier molecular flexibility index (Phi) is 6.52. The zero-order valence-corrected chi connectivity index (χ0v) is 18.5. The maximum absolute atomic E-state index is 13.5. The second-order valence-electron chi connectivity index (χ2n) is 8.73. The SMILES string of the molecule is CCC[C@@H]([C@H](CC1=N[C@@H](C(C)(C)C)CO1)c1ccco1)S(=O)(=O)c1ccccc1. The minimum absolute atomic E-state index is 0.000857. The Morgan fingerprint density at radius 3 is 2.41 bits per heavy atom. The Morgan fingerprint density at radius 1 is 1.14 bits per heavy atom. The molecule has 3 rings (SSSR count). The lowest BCUT2D eigenvalue weighted by atomic mass is 9.88. The van der Waals surface area contributed by atoms with Crippen molar-refractivity contribution < 1.29 is 17.6 Å². The Balaban J connectivity index is 1.97. The summed E-state index contributed by atoms with van der Waals surface area (Å²) >= 11 is 0. The Bertz CT molecular complexity index is 912. The molecule has 158 valence electrons. The van der Waals surface area contributed by atoms with Crippen molar-refractivity contribution in [1.82, 2.24) is 0 Å². The molecule has 1 aliphatic heterocycles. The lowest BCUT2D eigenvalue weighted by Crippen LogP contribution is -2.30. The van der Waals surface area contributed by atoms with Crippen LogP contribution in [0.4, 0.5) is 0 Å². The van der Waals surface area contributed by atoms with Crippen molar-refractivity contribution in [2.75, 3.05) is 6.61 Å². The molecule has 1 aromatic carbocycles. The monoisotopic (exact) mass is 417 g/mol. The third-order valence-electron chi connectivity index (χ3n) is 5.50. The Labute approximate surface area is 174 Å². The molecule has 1 aliphatic rings. The largest absolute Gasteiger partial charge is 0.479 e. The van der Waals surface area contributed by atoms with Gasteiger partial charge in [-0.3, -0.25) is 0 Å². The number of benzene rings is 1. The topological polar surface area (TPSA) is 68.9 Å². The summed E-state index contributed by atoms with van der Waals surface area (Å²) in [6.45, 7) is 8.95. The summed E-state index contributed by atoms with van der Waals surface area (Å²) in [4.78, 5) is 5.11. The molecule has 0 spiro atoms. The van der Waals surface area contributed by atoms with Gasteiger partial charge in [-0.05, 0) is 36.1 Å². The molecule has 6 heteroatoms. The fourth-order valence-corrected chi connectivity index (χ4v) is 5.82. The van der Waals surface area contributed by atoms with Gasteiger partial charge in [0.05, 0.1) is 22.5 Å². The van der Waals surface area contributed by atoms with E-state index in [-0.39, 0.29) is 17.4 Å². The average molecular weight is 418 g/mol. The number of sulfone groups is 1. The number of furan rings is 1. The highest BCUT2D eigenvalue weighted by Gasteiger charge is 2.39. The minimum Gasteiger partial charge on any atom is -0.479 e. The van der Waals surface area contributed by atoms with Crippen LogP contribution in [0.1, 0.15) is 58.6 Å². The Hall–Kier alpha value is -2.08. The Morgan fingerprint density at radius 2 is 1.86 bits per heavy atom. The molecule has 29 heavy (non-hydrogen) atoms. The van der Waals surface area contributed by atoms with Crippen LogP contribution in [0.5, 0.6) is 0 Å². The zero-order chi connectivity index (χ0) is 21.1. The average Bonchev–Trinajstić information content (AvgIpc) is 3.36. The minimum atomic E-state index is -3.54. The van der Waals surface area contributed by atoms with Gasteiger partial charge in [0.15, 0.2) is 15.7 Å². The summed E-state index contributed by atoms with van der Waals surface area (Å²) < 4.78 is 38.6. The summed E-state index contributed by atoms with van der Waals surface area (Å²) in [5, 5.41) is -0.610. The fourth-order valence-electron chi connectivity index (χ4n) is 3.73. The van der Waals surface area contributed by atoms with Crippen LogP contribution >= 0.6 is 0 Å². The highest BCUT2D eigenvalue weighted by Crippen LogP contribution is 2.36. The first-order valence-electron chi connectivity index (χ1n) is 10.2. The molecule has 3 atom stereocenters. The lowest BCUT2D eigenvalue weighted by Gasteiger charge is -2.25. The van der Waals surface area contributed by atoms with Gasteiger partial charge in [0.1, 0.15) is 12.4 Å². The quantitative estimate of drug-likeness (QED) is 0.589. The van der Waals surface area contributed by atoms with Gasteiger partial charge < -0.3 is 9.15 Å². The van der Waals surface area contributed by atoms with Crippen molar-refractivity contribution >= 4 is 15.7 Å². The number of hydrogen-bond acceptors (Lipinski definition) is 5. The number of aliphatic imine (C=N–C) groups is 1. The van der Waals surface area contributed by atoms with E-state index in [0.717, 1.165) is 6.42 Å². The van der Waals surface area contributed by atoms with Gasteiger partial charge in [-0.2, -0.15) is 0 Å². The van der Waals surface area contributed by atoms with Gasteiger partial charge in [0, 0.05) is 12.3 Å². The first-order valence-corrected chi connectivity index (χ1v) is 11.8. The second kappa shape index (κ2) is 8.74. The molecule has 0 saturated heterocycles. The van der Waals surface area contributed by atoms with Crippen LogP contribution < -0.4 is 0 Å². The second-order valence-corrected chi connectivity index (χ2v) is 10.9. The summed E-state index contributed by atoms with van der Waals surface area (Å²) in [5.41, 5.74) is 0.000857. The summed E-state index contributed by atoms with van der Waals surface area (Å²) in [6, 6.07) is 12.4. The summed E-state index contributed by atoms with van der Waals surface area (Å²) in [7, 11) is -3.54. The van der Waals surface area contributed by atoms with E-state index in [1.807, 2.05) is 19.1 Å². The van der Waals surface area contributed by atoms with Crippen molar-refractivity contribution in [1.29, 1.82) is 0 Å². The molecule has 0 N–H and O–H groups in total. The molecule has 0 aliphatic carbocycles. The molecule has 0 amide bonds. The number of ether oxygens (including phenoxy) is 1. The van der Waals surface area contributed by atoms with Gasteiger partial charge >= 0.3 is 0 Å². The molecular formula is C23H31NO4S. The highest BCUT2D eigenvalue weighted by atomic mass is 32.2. The number of hydrogen-bond donors (Lipinski definition) is 0. The molecule has 2 aromatic rings. The predicted molar refractivity (Wildman–Crippen MR) is 115 cm³/mol. The van der Waals surface area contributed by atoms with Crippen LogP contribution in [-0.2, 0) is 14.6 Å². The van der Waals surface area contributed by atoms with E-state index in [1.165, 1.54) is 0 Å². The maximum Gasteiger partial charge on any atom is 0.184 e. The van der Waals surface area contributed by atoms with Crippen molar-refractivity contribution in [3.63, 3.8) is 0 Å². The molecule has 2 heterocycles. The van der Waals surface area contributed by atoms with E-state index in [9.17, 15) is 8.42 Å². The van der Waals surface area contributed by atoms with E-state index in [2.05, 4.69) is 20.8 Å². The maximum atomic E-state index is 13.5. The van der Waals surface area contributed by atoms with Crippen LogP contribution in [0.2, 0.25) is 0 Å². The lowest BCUT2D eigenvalue weighted by molar-refractivity contribution is 0.231. The van der Waals surface area contributed by atoms with Crippen molar-refractivity contribution in [3.8, 4) is 0 Å². The van der Waals surface area contributed by atoms with E-state index >= 15 is 0 Å². The van der Waals surface area contributed by atoms with Crippen LogP contribution in [0.3, 0.4) is 0 Å². The highest BCUT2D eigenvalue weighted by molar-refractivity contribution is 7.92. The van der Waals surface area contributed by atoms with Crippen molar-refractivity contribution in [3.05, 3.63) is 54.5 Å². The van der Waals surface area contributed by atoms with Crippen LogP contribution in [-0.4, -0.2) is 32.2 Å². The third kappa shape index (κ3) is 4.92. The van der Waals surface area contributed by atoms with Gasteiger partial charge in [-0.25, -0.2) is 13.4 Å². The molecule has 0 bridgehead atoms. The van der Waals surface area contributed by atoms with Crippen LogP contribution in [0.25, 0.3) is 0 Å². The molecule has 5 nitrogen and oxygen atoms in total. The predicted octanol–water partition coefficient (Wildman–Crippen LogP) is 5.24. The third-order valence-corrected chi connectivity index (χ3v) is 7.79. The first-order chi connectivity index (χ1) is 13.7. The van der Waals surface area contributed by atoms with Gasteiger partial charge in [-0.15, -0.1) is 0 Å². The van der Waals surface area contributed by atoms with E-state index < -0.39 is 15.1 Å². The smallest absolute Gasteiger partial charge is 0.184 e. The molecule has 0 unspecified atom stereocenters. The van der Waals surface area contributed by atoms with Crippen LogP contribution in [0, 0.1) is 5.41 Å². The van der Waals surface area contributed by atoms with Gasteiger partial charge in [0.25, 0.3) is 0 Å². The number of rotatable bonds is 8. The standard InChI is InChI=1S/C23H31NO4S/c1-5-10-20(29(25,26)17-11-7-6-8-12-17)18(19-13-9-14-27-19)15-22-24-21(16-28-22)23(2,3)4/h6-9,11-14,18,20-21H,5,10,15-16H2,1-4H3/t18-,20+,21-/m1/s1. The van der Waals surface area contributed by atoms with E-state index in [0.29, 0.717) is 36.0 Å². The first kappa shape index (κ1) is 21.6. The molecule has 1 aromatic heterocycles. The van der Waals surface area contributed by atoms with E-state index in [4.69, 9.17) is 14.1 Å². The fraction of sp³-hybridized carbons (Fsp3) is 0.522. The summed E-state index contributed by atoms with van der Waals surface area (Å²) in [5.74, 6) is 0.928. The summed E-state index contributed by atoms with van der Waals surface area (Å²) in [6.07, 6.45) is 3.30. The zero-order valence-electron chi connectivity index (χ0n) is 17.7.